The third-order valence-corrected chi connectivity index (χ3v) is 5.93. The molecule has 1 aromatic rings. The van der Waals surface area contributed by atoms with Crippen LogP contribution in [0, 0.1) is 10.5 Å². The van der Waals surface area contributed by atoms with Crippen LogP contribution in [0.5, 0.6) is 0 Å². The first-order valence-corrected chi connectivity index (χ1v) is 8.25. The van der Waals surface area contributed by atoms with Crippen molar-refractivity contribution in [2.75, 3.05) is 20.6 Å². The highest BCUT2D eigenvalue weighted by molar-refractivity contribution is 14.1. The summed E-state index contributed by atoms with van der Waals surface area (Å²) >= 11 is 2.25. The summed E-state index contributed by atoms with van der Waals surface area (Å²) in [7, 11) is 4.24. The Balaban J connectivity index is 2.07. The lowest BCUT2D eigenvalue weighted by Gasteiger charge is -2.36. The molecule has 0 saturated heterocycles. The minimum atomic E-state index is 0.0474. The van der Waals surface area contributed by atoms with Gasteiger partial charge in [-0.1, -0.05) is 25.0 Å². The Kier molecular flexibility index (Phi) is 5.07. The first-order valence-electron chi connectivity index (χ1n) is 7.17. The predicted octanol–water partition coefficient (Wildman–Crippen LogP) is 3.20. The molecule has 0 atom stereocenters. The van der Waals surface area contributed by atoms with E-state index < -0.39 is 0 Å². The van der Waals surface area contributed by atoms with Crippen LogP contribution < -0.4 is 5.32 Å². The second kappa shape index (κ2) is 6.43. The molecule has 1 aliphatic rings. The molecule has 0 aromatic heterocycles. The SMILES string of the molecule is Cc1cccc(C(=O)NCC2(N(C)C)CCCC2)c1I. The fourth-order valence-corrected chi connectivity index (χ4v) is 3.58. The topological polar surface area (TPSA) is 32.3 Å². The molecule has 1 aliphatic carbocycles. The quantitative estimate of drug-likeness (QED) is 0.807. The molecular formula is C16H23IN2O. The van der Waals surface area contributed by atoms with E-state index in [1.165, 1.54) is 25.7 Å². The van der Waals surface area contributed by atoms with Gasteiger partial charge in [0.05, 0.1) is 5.56 Å². The minimum Gasteiger partial charge on any atom is -0.350 e. The third kappa shape index (κ3) is 3.17. The zero-order chi connectivity index (χ0) is 14.8. The lowest BCUT2D eigenvalue weighted by molar-refractivity contribution is 0.0899. The van der Waals surface area contributed by atoms with Gasteiger partial charge in [0.2, 0.25) is 0 Å². The van der Waals surface area contributed by atoms with Crippen molar-refractivity contribution < 1.29 is 4.79 Å². The van der Waals surface area contributed by atoms with Crippen LogP contribution in [0.3, 0.4) is 0 Å². The molecule has 0 heterocycles. The zero-order valence-corrected chi connectivity index (χ0v) is 14.7. The summed E-state index contributed by atoms with van der Waals surface area (Å²) in [4.78, 5) is 14.7. The largest absolute Gasteiger partial charge is 0.350 e. The van der Waals surface area contributed by atoms with Crippen LogP contribution in [0.25, 0.3) is 0 Å². The molecule has 0 bridgehead atoms. The molecule has 0 spiro atoms. The van der Waals surface area contributed by atoms with E-state index in [9.17, 15) is 4.79 Å². The van der Waals surface area contributed by atoms with Gasteiger partial charge in [-0.3, -0.25) is 4.79 Å². The first kappa shape index (κ1) is 15.8. The summed E-state index contributed by atoms with van der Waals surface area (Å²) in [6, 6.07) is 5.89. The molecular weight excluding hydrogens is 363 g/mol. The maximum absolute atomic E-state index is 12.4. The zero-order valence-electron chi connectivity index (χ0n) is 12.5. The molecule has 1 N–H and O–H groups in total. The standard InChI is InChI=1S/C16H23IN2O/c1-12-7-6-8-13(14(12)17)15(20)18-11-16(19(2)3)9-4-5-10-16/h6-8H,4-5,9-11H2,1-3H3,(H,18,20). The van der Waals surface area contributed by atoms with Gasteiger partial charge >= 0.3 is 0 Å². The second-order valence-corrected chi connectivity index (χ2v) is 7.02. The van der Waals surface area contributed by atoms with E-state index in [1.807, 2.05) is 25.1 Å². The maximum Gasteiger partial charge on any atom is 0.252 e. The second-order valence-electron chi connectivity index (χ2n) is 5.95. The normalized spacial score (nSPS) is 17.4. The summed E-state index contributed by atoms with van der Waals surface area (Å²) in [5.74, 6) is 0.0474. The predicted molar refractivity (Wildman–Crippen MR) is 91.1 cm³/mol. The summed E-state index contributed by atoms with van der Waals surface area (Å²) in [5, 5.41) is 3.15. The van der Waals surface area contributed by atoms with E-state index in [0.717, 1.165) is 21.2 Å². The first-order chi connectivity index (χ1) is 9.46. The van der Waals surface area contributed by atoms with Gasteiger partial charge in [0.1, 0.15) is 0 Å². The number of carbonyl (C=O) groups excluding carboxylic acids is 1. The van der Waals surface area contributed by atoms with Gasteiger partial charge in [-0.15, -0.1) is 0 Å². The van der Waals surface area contributed by atoms with Gasteiger partial charge in [-0.05, 0) is 68.1 Å². The van der Waals surface area contributed by atoms with E-state index in [2.05, 4.69) is 46.9 Å². The summed E-state index contributed by atoms with van der Waals surface area (Å²) < 4.78 is 1.05. The Bertz CT molecular complexity index is 493. The van der Waals surface area contributed by atoms with Gasteiger partial charge in [0.25, 0.3) is 5.91 Å². The molecule has 4 heteroatoms. The fraction of sp³-hybridized carbons (Fsp3) is 0.562. The molecule has 1 saturated carbocycles. The van der Waals surface area contributed by atoms with Crippen molar-refractivity contribution in [3.63, 3.8) is 0 Å². The number of likely N-dealkylation sites (N-methyl/N-ethyl adjacent to an activating group) is 1. The van der Waals surface area contributed by atoms with Gasteiger partial charge in [0.15, 0.2) is 0 Å². The number of amides is 1. The van der Waals surface area contributed by atoms with Crippen molar-refractivity contribution in [2.45, 2.75) is 38.1 Å². The van der Waals surface area contributed by atoms with Crippen LogP contribution in [0.4, 0.5) is 0 Å². The lowest BCUT2D eigenvalue weighted by Crippen LogP contribution is -2.50. The molecule has 2 rings (SSSR count). The van der Waals surface area contributed by atoms with Crippen LogP contribution in [-0.2, 0) is 0 Å². The molecule has 1 amide bonds. The van der Waals surface area contributed by atoms with Gasteiger partial charge in [0, 0.05) is 15.7 Å². The van der Waals surface area contributed by atoms with Crippen molar-refractivity contribution >= 4 is 28.5 Å². The smallest absolute Gasteiger partial charge is 0.252 e. The van der Waals surface area contributed by atoms with Crippen LogP contribution in [0.1, 0.15) is 41.6 Å². The summed E-state index contributed by atoms with van der Waals surface area (Å²) in [6.45, 7) is 2.78. The van der Waals surface area contributed by atoms with Crippen LogP contribution in [-0.4, -0.2) is 37.0 Å². The monoisotopic (exact) mass is 386 g/mol. The molecule has 0 radical (unpaired) electrons. The van der Waals surface area contributed by atoms with Crippen molar-refractivity contribution in [1.82, 2.24) is 10.2 Å². The number of halogens is 1. The Hall–Kier alpha value is -0.620. The van der Waals surface area contributed by atoms with Gasteiger partial charge < -0.3 is 10.2 Å². The number of rotatable bonds is 4. The van der Waals surface area contributed by atoms with Crippen LogP contribution >= 0.6 is 22.6 Å². The Labute approximate surface area is 135 Å². The summed E-state index contributed by atoms with van der Waals surface area (Å²) in [6.07, 6.45) is 4.86. The number of hydrogen-bond donors (Lipinski definition) is 1. The van der Waals surface area contributed by atoms with E-state index in [4.69, 9.17) is 0 Å². The van der Waals surface area contributed by atoms with Crippen molar-refractivity contribution in [1.29, 1.82) is 0 Å². The average Bonchev–Trinajstić information content (AvgIpc) is 2.89. The third-order valence-electron chi connectivity index (χ3n) is 4.50. The van der Waals surface area contributed by atoms with Gasteiger partial charge in [-0.2, -0.15) is 0 Å². The lowest BCUT2D eigenvalue weighted by atomic mass is 9.96. The Morgan fingerprint density at radius 1 is 1.35 bits per heavy atom. The number of nitrogens with one attached hydrogen (secondary N) is 1. The van der Waals surface area contributed by atoms with E-state index >= 15 is 0 Å². The molecule has 0 unspecified atom stereocenters. The van der Waals surface area contributed by atoms with E-state index in [-0.39, 0.29) is 11.4 Å². The number of carbonyl (C=O) groups is 1. The van der Waals surface area contributed by atoms with E-state index in [0.29, 0.717) is 0 Å². The fourth-order valence-electron chi connectivity index (χ4n) is 2.98. The molecule has 20 heavy (non-hydrogen) atoms. The molecule has 110 valence electrons. The highest BCUT2D eigenvalue weighted by atomic mass is 127. The van der Waals surface area contributed by atoms with Crippen LogP contribution in [0.15, 0.2) is 18.2 Å². The van der Waals surface area contributed by atoms with Crippen molar-refractivity contribution in [3.05, 3.63) is 32.9 Å². The molecule has 1 aromatic carbocycles. The van der Waals surface area contributed by atoms with Crippen LogP contribution in [0.2, 0.25) is 0 Å². The number of aryl methyl sites for hydroxylation is 1. The highest BCUT2D eigenvalue weighted by Gasteiger charge is 2.36. The highest BCUT2D eigenvalue weighted by Crippen LogP contribution is 2.33. The average molecular weight is 386 g/mol. The summed E-state index contributed by atoms with van der Waals surface area (Å²) in [5.41, 5.74) is 2.09. The number of hydrogen-bond acceptors (Lipinski definition) is 2. The number of nitrogens with zero attached hydrogens (tertiary/aromatic N) is 1. The molecule has 3 nitrogen and oxygen atoms in total. The Morgan fingerprint density at radius 2 is 2.00 bits per heavy atom. The molecule has 0 aliphatic heterocycles. The number of benzene rings is 1. The maximum atomic E-state index is 12.4. The Morgan fingerprint density at radius 3 is 2.60 bits per heavy atom. The van der Waals surface area contributed by atoms with E-state index in [1.54, 1.807) is 0 Å². The van der Waals surface area contributed by atoms with Gasteiger partial charge in [-0.25, -0.2) is 0 Å². The van der Waals surface area contributed by atoms with Crippen molar-refractivity contribution in [2.24, 2.45) is 0 Å². The molecule has 1 fully saturated rings. The minimum absolute atomic E-state index is 0.0474. The van der Waals surface area contributed by atoms with Crippen molar-refractivity contribution in [3.8, 4) is 0 Å².